The molecule has 0 saturated carbocycles. The van der Waals surface area contributed by atoms with Crippen LogP contribution in [0.5, 0.6) is 0 Å². The van der Waals surface area contributed by atoms with Gasteiger partial charge in [0.15, 0.2) is 11.5 Å². The number of nitrogens with zero attached hydrogens (tertiary/aromatic N) is 5. The SMILES string of the molecule is CCCC[N+]1(C)N=C(c2ccc(-c3ccccc3-c3nnn[nH]3)cc2)C(C(=O)O)=C1CCC. The standard InChI is InChI=1S/C25H28N6O2/c1-4-6-16-31(3)21(9-5-2)22(25(32)33)23(28-31)18-14-12-17(13-15-18)19-10-7-8-11-20(19)24-26-29-30-27-24/h7-8,10-15H,4-6,9,16H2,1-3H3,(H-,26,27,28,29,30,32,33)/p+1. The van der Waals surface area contributed by atoms with Crippen molar-refractivity contribution in [2.75, 3.05) is 13.6 Å². The molecule has 170 valence electrons. The van der Waals surface area contributed by atoms with Crippen LogP contribution in [-0.4, -0.2) is 55.6 Å². The Hall–Kier alpha value is -3.65. The van der Waals surface area contributed by atoms with Crippen molar-refractivity contribution in [3.63, 3.8) is 0 Å². The predicted molar refractivity (Wildman–Crippen MR) is 127 cm³/mol. The fourth-order valence-electron chi connectivity index (χ4n) is 4.41. The summed E-state index contributed by atoms with van der Waals surface area (Å²) in [4.78, 5) is 12.3. The molecule has 0 spiro atoms. The van der Waals surface area contributed by atoms with E-state index in [1.54, 1.807) is 0 Å². The topological polar surface area (TPSA) is 104 Å². The Kier molecular flexibility index (Phi) is 6.46. The average molecular weight is 446 g/mol. The van der Waals surface area contributed by atoms with Gasteiger partial charge >= 0.3 is 5.97 Å². The number of nitrogens with one attached hydrogen (secondary N) is 1. The summed E-state index contributed by atoms with van der Waals surface area (Å²) < 4.78 is 0.321. The molecule has 8 nitrogen and oxygen atoms in total. The minimum atomic E-state index is -0.914. The molecule has 4 rings (SSSR count). The third kappa shape index (κ3) is 4.34. The van der Waals surface area contributed by atoms with Gasteiger partial charge in [-0.05, 0) is 34.4 Å². The second kappa shape index (κ2) is 9.46. The van der Waals surface area contributed by atoms with Crippen molar-refractivity contribution in [3.8, 4) is 22.5 Å². The second-order valence-electron chi connectivity index (χ2n) is 8.41. The number of H-pyrrole nitrogens is 1. The molecule has 8 heteroatoms. The molecule has 2 heterocycles. The van der Waals surface area contributed by atoms with Gasteiger partial charge in [-0.25, -0.2) is 9.89 Å². The van der Waals surface area contributed by atoms with Gasteiger partial charge in [0.1, 0.15) is 17.8 Å². The number of tetrazole rings is 1. The van der Waals surface area contributed by atoms with Crippen LogP contribution < -0.4 is 0 Å². The summed E-state index contributed by atoms with van der Waals surface area (Å²) in [6, 6.07) is 15.8. The fraction of sp³-hybridized carbons (Fsp3) is 0.320. The molecule has 1 aliphatic rings. The van der Waals surface area contributed by atoms with Crippen LogP contribution in [-0.2, 0) is 4.79 Å². The summed E-state index contributed by atoms with van der Waals surface area (Å²) in [5.41, 5.74) is 5.47. The maximum absolute atomic E-state index is 12.3. The molecule has 0 saturated heterocycles. The molecule has 0 fully saturated rings. The van der Waals surface area contributed by atoms with Crippen LogP contribution in [0.3, 0.4) is 0 Å². The number of quaternary nitrogens is 1. The number of aromatic nitrogens is 4. The second-order valence-corrected chi connectivity index (χ2v) is 8.41. The normalized spacial score (nSPS) is 18.0. The first-order chi connectivity index (χ1) is 16.0. The Labute approximate surface area is 193 Å². The lowest BCUT2D eigenvalue weighted by atomic mass is 9.95. The summed E-state index contributed by atoms with van der Waals surface area (Å²) in [6.07, 6.45) is 3.61. The molecule has 3 aromatic rings. The molecule has 1 unspecified atom stereocenters. The molecule has 0 radical (unpaired) electrons. The largest absolute Gasteiger partial charge is 0.477 e. The molecule has 0 aliphatic carbocycles. The highest BCUT2D eigenvalue weighted by Crippen LogP contribution is 2.35. The first-order valence-electron chi connectivity index (χ1n) is 11.4. The predicted octanol–water partition coefficient (Wildman–Crippen LogP) is 4.64. The Morgan fingerprint density at radius 1 is 1.00 bits per heavy atom. The van der Waals surface area contributed by atoms with Gasteiger partial charge in [0, 0.05) is 17.5 Å². The summed E-state index contributed by atoms with van der Waals surface area (Å²) in [5.74, 6) is -0.318. The summed E-state index contributed by atoms with van der Waals surface area (Å²) >= 11 is 0. The molecule has 0 bridgehead atoms. The first-order valence-corrected chi connectivity index (χ1v) is 11.4. The third-order valence-corrected chi connectivity index (χ3v) is 6.07. The molecule has 0 amide bonds. The molecule has 1 atom stereocenters. The fourth-order valence-corrected chi connectivity index (χ4v) is 4.41. The van der Waals surface area contributed by atoms with Crippen molar-refractivity contribution in [1.29, 1.82) is 0 Å². The van der Waals surface area contributed by atoms with Gasteiger partial charge in [-0.2, -0.15) is 4.59 Å². The Balaban J connectivity index is 1.75. The number of carboxylic acid groups (broad SMARTS) is 1. The zero-order valence-corrected chi connectivity index (χ0v) is 19.2. The first kappa shape index (κ1) is 22.5. The number of benzene rings is 2. The van der Waals surface area contributed by atoms with Crippen LogP contribution in [0.25, 0.3) is 22.5 Å². The number of hydrogen-bond donors (Lipinski definition) is 2. The van der Waals surface area contributed by atoms with Crippen molar-refractivity contribution in [3.05, 3.63) is 65.4 Å². The van der Waals surface area contributed by atoms with E-state index in [1.807, 2.05) is 55.6 Å². The van der Waals surface area contributed by atoms with Crippen molar-refractivity contribution in [2.24, 2.45) is 5.10 Å². The van der Waals surface area contributed by atoms with E-state index in [-0.39, 0.29) is 0 Å². The number of aliphatic carboxylic acids is 1. The molecule has 2 N–H and O–H groups in total. The maximum atomic E-state index is 12.3. The van der Waals surface area contributed by atoms with Gasteiger partial charge in [-0.15, -0.1) is 5.10 Å². The van der Waals surface area contributed by atoms with E-state index in [0.29, 0.717) is 28.1 Å². The highest BCUT2D eigenvalue weighted by Gasteiger charge is 2.42. The number of hydrogen-bond acceptors (Lipinski definition) is 5. The monoisotopic (exact) mass is 445 g/mol. The summed E-state index contributed by atoms with van der Waals surface area (Å²) in [7, 11) is 2.02. The number of unbranched alkanes of at least 4 members (excludes halogenated alkanes) is 1. The minimum Gasteiger partial charge on any atom is -0.477 e. The molecule has 2 aromatic carbocycles. The smallest absolute Gasteiger partial charge is 0.343 e. The van der Waals surface area contributed by atoms with Gasteiger partial charge in [0.25, 0.3) is 0 Å². The van der Waals surface area contributed by atoms with Gasteiger partial charge in [0.05, 0.1) is 7.05 Å². The third-order valence-electron chi connectivity index (χ3n) is 6.07. The van der Waals surface area contributed by atoms with E-state index in [1.165, 1.54) is 0 Å². The number of rotatable bonds is 9. The van der Waals surface area contributed by atoms with Crippen LogP contribution in [0.1, 0.15) is 45.1 Å². The van der Waals surface area contributed by atoms with Crippen molar-refractivity contribution in [1.82, 2.24) is 20.6 Å². The molecular formula is C25H29N6O2+. The lowest BCUT2D eigenvalue weighted by Crippen LogP contribution is -2.37. The summed E-state index contributed by atoms with van der Waals surface area (Å²) in [6.45, 7) is 5.01. The zero-order chi connectivity index (χ0) is 23.4. The average Bonchev–Trinajstić information content (AvgIpc) is 3.46. The lowest BCUT2D eigenvalue weighted by Gasteiger charge is -2.26. The van der Waals surface area contributed by atoms with E-state index < -0.39 is 5.97 Å². The van der Waals surface area contributed by atoms with Crippen LogP contribution in [0, 0.1) is 0 Å². The van der Waals surface area contributed by atoms with Crippen LogP contribution in [0.2, 0.25) is 0 Å². The van der Waals surface area contributed by atoms with Crippen LogP contribution >= 0.6 is 0 Å². The van der Waals surface area contributed by atoms with Crippen molar-refractivity contribution < 1.29 is 14.5 Å². The Morgan fingerprint density at radius 2 is 1.70 bits per heavy atom. The number of aromatic amines is 1. The highest BCUT2D eigenvalue weighted by atomic mass is 16.4. The lowest BCUT2D eigenvalue weighted by molar-refractivity contribution is -0.878. The number of allylic oxidation sites excluding steroid dienone is 1. The van der Waals surface area contributed by atoms with Gasteiger partial charge in [-0.1, -0.05) is 73.9 Å². The number of carboxylic acids is 1. The van der Waals surface area contributed by atoms with E-state index in [2.05, 4.69) is 34.5 Å². The van der Waals surface area contributed by atoms with E-state index in [9.17, 15) is 9.90 Å². The molecule has 1 aliphatic heterocycles. The highest BCUT2D eigenvalue weighted by molar-refractivity contribution is 6.27. The van der Waals surface area contributed by atoms with E-state index in [0.717, 1.165) is 53.8 Å². The molecular weight excluding hydrogens is 416 g/mol. The quantitative estimate of drug-likeness (QED) is 0.467. The Morgan fingerprint density at radius 3 is 2.30 bits per heavy atom. The van der Waals surface area contributed by atoms with Crippen LogP contribution in [0.4, 0.5) is 0 Å². The van der Waals surface area contributed by atoms with Gasteiger partial charge in [-0.3, -0.25) is 0 Å². The van der Waals surface area contributed by atoms with Crippen molar-refractivity contribution in [2.45, 2.75) is 39.5 Å². The van der Waals surface area contributed by atoms with E-state index in [4.69, 9.17) is 5.10 Å². The Bertz CT molecular complexity index is 1200. The number of carbonyl (C=O) groups is 1. The van der Waals surface area contributed by atoms with Crippen LogP contribution in [0.15, 0.2) is 64.9 Å². The van der Waals surface area contributed by atoms with Crippen molar-refractivity contribution >= 4 is 11.7 Å². The molecule has 1 aromatic heterocycles. The zero-order valence-electron chi connectivity index (χ0n) is 19.2. The van der Waals surface area contributed by atoms with Gasteiger partial charge in [0.2, 0.25) is 0 Å². The minimum absolute atomic E-state index is 0.321. The summed E-state index contributed by atoms with van der Waals surface area (Å²) in [5, 5.41) is 29.3. The molecule has 33 heavy (non-hydrogen) atoms. The van der Waals surface area contributed by atoms with E-state index >= 15 is 0 Å². The van der Waals surface area contributed by atoms with Gasteiger partial charge < -0.3 is 5.11 Å². The maximum Gasteiger partial charge on any atom is 0.343 e.